The van der Waals surface area contributed by atoms with Gasteiger partial charge in [0.1, 0.15) is 5.75 Å². The number of amides is 1. The highest BCUT2D eigenvalue weighted by molar-refractivity contribution is 7.86. The molecule has 1 aromatic carbocycles. The van der Waals surface area contributed by atoms with E-state index in [0.717, 1.165) is 23.2 Å². The summed E-state index contributed by atoms with van der Waals surface area (Å²) in [4.78, 5) is 12.0. The Balaban J connectivity index is 1.93. The molecular formula is C15H21NO3S. The molecular weight excluding hydrogens is 274 g/mol. The third kappa shape index (κ3) is 3.90. The summed E-state index contributed by atoms with van der Waals surface area (Å²) in [7, 11) is -1.18. The topological polar surface area (TPSA) is 55.4 Å². The van der Waals surface area contributed by atoms with Gasteiger partial charge in [0.2, 0.25) is 5.91 Å². The van der Waals surface area contributed by atoms with Gasteiger partial charge in [-0.3, -0.25) is 9.00 Å². The van der Waals surface area contributed by atoms with E-state index in [1.165, 1.54) is 0 Å². The maximum absolute atomic E-state index is 12.2. The molecule has 0 bridgehead atoms. The van der Waals surface area contributed by atoms with E-state index in [-0.39, 0.29) is 23.0 Å². The van der Waals surface area contributed by atoms with Crippen molar-refractivity contribution in [3.63, 3.8) is 0 Å². The number of hydrogen-bond acceptors (Lipinski definition) is 3. The highest BCUT2D eigenvalue weighted by atomic mass is 32.2. The van der Waals surface area contributed by atoms with Crippen LogP contribution in [0.2, 0.25) is 0 Å². The van der Waals surface area contributed by atoms with E-state index < -0.39 is 10.8 Å². The second-order valence-corrected chi connectivity index (χ2v) is 7.01. The summed E-state index contributed by atoms with van der Waals surface area (Å²) in [5.41, 5.74) is 2.96. The summed E-state index contributed by atoms with van der Waals surface area (Å²) in [5.74, 6) is -0.168. The van der Waals surface area contributed by atoms with Gasteiger partial charge in [0, 0.05) is 23.1 Å². The zero-order chi connectivity index (χ0) is 14.7. The van der Waals surface area contributed by atoms with Crippen molar-refractivity contribution in [3.8, 4) is 0 Å². The zero-order valence-corrected chi connectivity index (χ0v) is 13.0. The first kappa shape index (κ1) is 15.2. The molecule has 1 saturated heterocycles. The van der Waals surface area contributed by atoms with Crippen molar-refractivity contribution >= 4 is 22.4 Å². The highest BCUT2D eigenvalue weighted by Gasteiger charge is 2.30. The lowest BCUT2D eigenvalue weighted by atomic mass is 10.1. The van der Waals surface area contributed by atoms with Crippen LogP contribution in [-0.2, 0) is 20.3 Å². The van der Waals surface area contributed by atoms with Crippen molar-refractivity contribution in [3.05, 3.63) is 29.3 Å². The lowest BCUT2D eigenvalue weighted by molar-refractivity contribution is -0.113. The minimum absolute atomic E-state index is 0.0233. The van der Waals surface area contributed by atoms with Crippen molar-refractivity contribution in [2.45, 2.75) is 38.5 Å². The van der Waals surface area contributed by atoms with Gasteiger partial charge in [-0.1, -0.05) is 6.07 Å². The predicted molar refractivity (Wildman–Crippen MR) is 81.4 cm³/mol. The molecule has 1 fully saturated rings. The fourth-order valence-electron chi connectivity index (χ4n) is 2.54. The van der Waals surface area contributed by atoms with Crippen LogP contribution < -0.4 is 5.32 Å². The lowest BCUT2D eigenvalue weighted by Crippen LogP contribution is -2.30. The van der Waals surface area contributed by atoms with Gasteiger partial charge in [-0.2, -0.15) is 0 Å². The van der Waals surface area contributed by atoms with Crippen LogP contribution in [0.3, 0.4) is 0 Å². The van der Waals surface area contributed by atoms with Crippen molar-refractivity contribution in [1.29, 1.82) is 0 Å². The molecule has 0 saturated carbocycles. The number of carbonyl (C=O) groups excluding carboxylic acids is 1. The van der Waals surface area contributed by atoms with Gasteiger partial charge < -0.3 is 10.1 Å². The average molecular weight is 295 g/mol. The number of benzene rings is 1. The fourth-order valence-corrected chi connectivity index (χ4v) is 3.95. The van der Waals surface area contributed by atoms with Crippen LogP contribution in [-0.4, -0.2) is 33.8 Å². The molecule has 0 aliphatic carbocycles. The molecule has 1 amide bonds. The Hall–Kier alpha value is -1.20. The number of aryl methyl sites for hydroxylation is 2. The van der Waals surface area contributed by atoms with E-state index >= 15 is 0 Å². The van der Waals surface area contributed by atoms with E-state index in [4.69, 9.17) is 4.74 Å². The van der Waals surface area contributed by atoms with Gasteiger partial charge in [0.25, 0.3) is 0 Å². The molecule has 0 spiro atoms. The molecule has 0 radical (unpaired) electrons. The quantitative estimate of drug-likeness (QED) is 0.926. The van der Waals surface area contributed by atoms with E-state index in [1.54, 1.807) is 0 Å². The van der Waals surface area contributed by atoms with Crippen LogP contribution >= 0.6 is 0 Å². The van der Waals surface area contributed by atoms with E-state index in [9.17, 15) is 9.00 Å². The van der Waals surface area contributed by atoms with Crippen molar-refractivity contribution < 1.29 is 13.7 Å². The first-order valence-electron chi connectivity index (χ1n) is 6.82. The van der Waals surface area contributed by atoms with Gasteiger partial charge >= 0.3 is 0 Å². The Morgan fingerprint density at radius 2 is 2.00 bits per heavy atom. The van der Waals surface area contributed by atoms with Crippen LogP contribution in [0, 0.1) is 13.8 Å². The molecule has 1 N–H and O–H groups in total. The van der Waals surface area contributed by atoms with Gasteiger partial charge in [-0.15, -0.1) is 0 Å². The van der Waals surface area contributed by atoms with Gasteiger partial charge in [-0.05, 0) is 50.5 Å². The maximum Gasteiger partial charge on any atom is 0.237 e. The average Bonchev–Trinajstić information content (AvgIpc) is 2.73. The maximum atomic E-state index is 12.2. The minimum Gasteiger partial charge on any atom is -0.377 e. The Bertz CT molecular complexity index is 510. The van der Waals surface area contributed by atoms with Gasteiger partial charge in [0.15, 0.2) is 0 Å². The SMILES string of the molecule is Cc1cc(C)cc(NC(=O)C[S@](=O)[C@@H]2CCO[C@H]2C)c1. The van der Waals surface area contributed by atoms with Crippen LogP contribution in [0.5, 0.6) is 0 Å². The molecule has 1 heterocycles. The molecule has 0 aromatic heterocycles. The van der Waals surface area contributed by atoms with Crippen LogP contribution in [0.15, 0.2) is 18.2 Å². The number of hydrogen-bond donors (Lipinski definition) is 1. The first-order valence-corrected chi connectivity index (χ1v) is 8.21. The first-order chi connectivity index (χ1) is 9.45. The molecule has 4 nitrogen and oxygen atoms in total. The number of nitrogens with one attached hydrogen (secondary N) is 1. The van der Waals surface area contributed by atoms with Crippen molar-refractivity contribution in [2.24, 2.45) is 0 Å². The van der Waals surface area contributed by atoms with E-state index in [0.29, 0.717) is 6.61 Å². The largest absolute Gasteiger partial charge is 0.377 e. The number of ether oxygens (including phenoxy) is 1. The Morgan fingerprint density at radius 1 is 1.35 bits per heavy atom. The third-order valence-corrected chi connectivity index (χ3v) is 5.26. The number of rotatable bonds is 4. The summed E-state index contributed by atoms with van der Waals surface area (Å²) < 4.78 is 17.6. The molecule has 1 aliphatic rings. The highest BCUT2D eigenvalue weighted by Crippen LogP contribution is 2.19. The number of anilines is 1. The van der Waals surface area contributed by atoms with Crippen LogP contribution in [0.4, 0.5) is 5.69 Å². The van der Waals surface area contributed by atoms with E-state index in [2.05, 4.69) is 5.32 Å². The van der Waals surface area contributed by atoms with E-state index in [1.807, 2.05) is 39.0 Å². The number of carbonyl (C=O) groups is 1. The van der Waals surface area contributed by atoms with Gasteiger partial charge in [0.05, 0.1) is 11.4 Å². The monoisotopic (exact) mass is 295 g/mol. The smallest absolute Gasteiger partial charge is 0.237 e. The Labute approximate surface area is 122 Å². The molecule has 20 heavy (non-hydrogen) atoms. The zero-order valence-electron chi connectivity index (χ0n) is 12.1. The summed E-state index contributed by atoms with van der Waals surface area (Å²) >= 11 is 0. The van der Waals surface area contributed by atoms with Crippen LogP contribution in [0.25, 0.3) is 0 Å². The summed E-state index contributed by atoms with van der Waals surface area (Å²) in [5, 5.41) is 2.79. The summed E-state index contributed by atoms with van der Waals surface area (Å²) in [6, 6.07) is 5.87. The molecule has 0 unspecified atom stereocenters. The molecule has 1 aromatic rings. The van der Waals surface area contributed by atoms with Gasteiger partial charge in [-0.25, -0.2) is 0 Å². The molecule has 5 heteroatoms. The molecule has 110 valence electrons. The van der Waals surface area contributed by atoms with Crippen molar-refractivity contribution in [1.82, 2.24) is 0 Å². The second-order valence-electron chi connectivity index (χ2n) is 5.35. The normalized spacial score (nSPS) is 23.6. The molecule has 3 atom stereocenters. The predicted octanol–water partition coefficient (Wildman–Crippen LogP) is 2.17. The third-order valence-electron chi connectivity index (χ3n) is 3.42. The fraction of sp³-hybridized carbons (Fsp3) is 0.533. The molecule has 2 rings (SSSR count). The summed E-state index contributed by atoms with van der Waals surface area (Å²) in [6.45, 7) is 6.52. The Kier molecular flexibility index (Phi) is 4.94. The standard InChI is InChI=1S/C15H21NO3S/c1-10-6-11(2)8-13(7-10)16-15(17)9-20(18)14-4-5-19-12(14)3/h6-8,12,14H,4-5,9H2,1-3H3,(H,16,17)/t12-,14+,20-/m0/s1. The lowest BCUT2D eigenvalue weighted by Gasteiger charge is -2.13. The Morgan fingerprint density at radius 3 is 2.55 bits per heavy atom. The molecule has 1 aliphatic heterocycles. The summed E-state index contributed by atoms with van der Waals surface area (Å²) in [6.07, 6.45) is 0.745. The second kappa shape index (κ2) is 6.50. The minimum atomic E-state index is -1.18. The van der Waals surface area contributed by atoms with Crippen LogP contribution in [0.1, 0.15) is 24.5 Å². The van der Waals surface area contributed by atoms with Crippen molar-refractivity contribution in [2.75, 3.05) is 17.7 Å².